The Morgan fingerprint density at radius 2 is 2.23 bits per heavy atom. The number of aliphatic hydroxyl groups excluding tert-OH is 1. The number of piperidine rings is 2. The standard InChI is InChI=1S/C19H28ClN3O3/c1-22-9-5-17(24)19(12-22)6-2-8-23(13-19)18(25)15-11-14(20)3-4-16(15)26-10-7-21/h3-4,11,17,24H,2,5-10,12-13,21H2,1H3/t17-,19-/m0/s1. The van der Waals surface area contributed by atoms with Crippen molar-refractivity contribution < 1.29 is 14.6 Å². The summed E-state index contributed by atoms with van der Waals surface area (Å²) in [6.45, 7) is 3.66. The van der Waals surface area contributed by atoms with Crippen molar-refractivity contribution in [2.75, 3.05) is 46.4 Å². The van der Waals surface area contributed by atoms with Crippen molar-refractivity contribution in [2.24, 2.45) is 11.1 Å². The summed E-state index contributed by atoms with van der Waals surface area (Å²) in [6.07, 6.45) is 2.20. The van der Waals surface area contributed by atoms with Crippen LogP contribution in [0.2, 0.25) is 5.02 Å². The lowest BCUT2D eigenvalue weighted by Crippen LogP contribution is -2.59. The van der Waals surface area contributed by atoms with E-state index in [-0.39, 0.29) is 17.4 Å². The summed E-state index contributed by atoms with van der Waals surface area (Å²) in [4.78, 5) is 17.3. The molecule has 0 saturated carbocycles. The highest BCUT2D eigenvalue weighted by Crippen LogP contribution is 2.39. The van der Waals surface area contributed by atoms with Gasteiger partial charge in [0.15, 0.2) is 0 Å². The van der Waals surface area contributed by atoms with Crippen LogP contribution in [0.4, 0.5) is 0 Å². The quantitative estimate of drug-likeness (QED) is 0.828. The fraction of sp³-hybridized carbons (Fsp3) is 0.632. The Hall–Kier alpha value is -1.34. The zero-order valence-corrected chi connectivity index (χ0v) is 16.0. The zero-order valence-electron chi connectivity index (χ0n) is 15.3. The lowest BCUT2D eigenvalue weighted by Gasteiger charge is -2.50. The zero-order chi connectivity index (χ0) is 18.7. The number of nitrogens with two attached hydrogens (primary N) is 1. The highest BCUT2D eigenvalue weighted by Gasteiger charge is 2.45. The highest BCUT2D eigenvalue weighted by atomic mass is 35.5. The van der Waals surface area contributed by atoms with Crippen molar-refractivity contribution in [3.63, 3.8) is 0 Å². The third-order valence-electron chi connectivity index (χ3n) is 5.52. The Balaban J connectivity index is 1.82. The molecule has 3 rings (SSSR count). The summed E-state index contributed by atoms with van der Waals surface area (Å²) < 4.78 is 5.64. The number of carbonyl (C=O) groups excluding carboxylic acids is 1. The Morgan fingerprint density at radius 1 is 1.42 bits per heavy atom. The first-order valence-electron chi connectivity index (χ1n) is 9.23. The van der Waals surface area contributed by atoms with Crippen LogP contribution in [-0.4, -0.2) is 73.3 Å². The highest BCUT2D eigenvalue weighted by molar-refractivity contribution is 6.31. The van der Waals surface area contributed by atoms with Crippen LogP contribution in [0.25, 0.3) is 0 Å². The second-order valence-corrected chi connectivity index (χ2v) is 7.95. The predicted octanol–water partition coefficient (Wildman–Crippen LogP) is 1.60. The number of carbonyl (C=O) groups is 1. The number of aliphatic hydroxyl groups is 1. The maximum atomic E-state index is 13.2. The number of benzene rings is 1. The molecule has 0 radical (unpaired) electrons. The fourth-order valence-corrected chi connectivity index (χ4v) is 4.41. The topological polar surface area (TPSA) is 79.0 Å². The van der Waals surface area contributed by atoms with E-state index < -0.39 is 0 Å². The first-order valence-corrected chi connectivity index (χ1v) is 9.61. The van der Waals surface area contributed by atoms with Gasteiger partial charge in [-0.1, -0.05) is 11.6 Å². The summed E-state index contributed by atoms with van der Waals surface area (Å²) >= 11 is 6.12. The van der Waals surface area contributed by atoms with E-state index in [1.54, 1.807) is 18.2 Å². The second-order valence-electron chi connectivity index (χ2n) is 7.51. The van der Waals surface area contributed by atoms with E-state index in [0.29, 0.717) is 42.6 Å². The third kappa shape index (κ3) is 3.98. The largest absolute Gasteiger partial charge is 0.491 e. The van der Waals surface area contributed by atoms with E-state index in [2.05, 4.69) is 11.9 Å². The lowest BCUT2D eigenvalue weighted by molar-refractivity contribution is -0.0731. The number of rotatable bonds is 4. The Morgan fingerprint density at radius 3 is 3.00 bits per heavy atom. The molecule has 2 aliphatic rings. The molecule has 1 amide bonds. The number of amides is 1. The molecule has 6 nitrogen and oxygen atoms in total. The molecule has 1 spiro atoms. The normalized spacial score (nSPS) is 26.9. The Labute approximate surface area is 159 Å². The van der Waals surface area contributed by atoms with Crippen LogP contribution in [0.1, 0.15) is 29.6 Å². The Kier molecular flexibility index (Phi) is 6.07. The van der Waals surface area contributed by atoms with Crippen LogP contribution in [0, 0.1) is 5.41 Å². The SMILES string of the molecule is CN1CC[C@H](O)[C@@]2(CCCN(C(=O)c3cc(Cl)ccc3OCCN)C2)C1. The number of hydrogen-bond acceptors (Lipinski definition) is 5. The van der Waals surface area contributed by atoms with Gasteiger partial charge in [0.1, 0.15) is 12.4 Å². The van der Waals surface area contributed by atoms with Crippen molar-refractivity contribution in [2.45, 2.75) is 25.4 Å². The average molecular weight is 382 g/mol. The smallest absolute Gasteiger partial charge is 0.257 e. The average Bonchev–Trinajstić information content (AvgIpc) is 2.63. The molecule has 0 aliphatic carbocycles. The molecule has 1 aromatic rings. The number of halogens is 1. The van der Waals surface area contributed by atoms with E-state index >= 15 is 0 Å². The van der Waals surface area contributed by atoms with Crippen molar-refractivity contribution in [1.29, 1.82) is 0 Å². The minimum Gasteiger partial charge on any atom is -0.491 e. The molecule has 144 valence electrons. The van der Waals surface area contributed by atoms with Gasteiger partial charge in [-0.3, -0.25) is 4.79 Å². The minimum atomic E-state index is -0.373. The molecule has 2 saturated heterocycles. The van der Waals surface area contributed by atoms with E-state index in [9.17, 15) is 9.90 Å². The summed E-state index contributed by atoms with van der Waals surface area (Å²) in [5.41, 5.74) is 5.73. The van der Waals surface area contributed by atoms with Crippen molar-refractivity contribution in [3.8, 4) is 5.75 Å². The monoisotopic (exact) mass is 381 g/mol. The number of nitrogens with zero attached hydrogens (tertiary/aromatic N) is 2. The lowest BCUT2D eigenvalue weighted by atomic mass is 9.71. The van der Waals surface area contributed by atoms with Gasteiger partial charge in [-0.2, -0.15) is 0 Å². The molecule has 26 heavy (non-hydrogen) atoms. The molecule has 0 aromatic heterocycles. The third-order valence-corrected chi connectivity index (χ3v) is 5.75. The molecular weight excluding hydrogens is 354 g/mol. The molecular formula is C19H28ClN3O3. The van der Waals surface area contributed by atoms with Gasteiger partial charge < -0.3 is 25.4 Å². The van der Waals surface area contributed by atoms with E-state index in [1.807, 2.05) is 4.90 Å². The minimum absolute atomic E-state index is 0.0981. The molecule has 1 aromatic carbocycles. The predicted molar refractivity (Wildman–Crippen MR) is 102 cm³/mol. The number of hydrogen-bond donors (Lipinski definition) is 2. The molecule has 7 heteroatoms. The molecule has 2 fully saturated rings. The Bertz CT molecular complexity index is 657. The summed E-state index contributed by atoms with van der Waals surface area (Å²) in [7, 11) is 2.07. The van der Waals surface area contributed by atoms with E-state index in [4.69, 9.17) is 22.1 Å². The van der Waals surface area contributed by atoms with Gasteiger partial charge in [-0.25, -0.2) is 0 Å². The molecule has 0 bridgehead atoms. The van der Waals surface area contributed by atoms with Gasteiger partial charge in [-0.05, 0) is 44.5 Å². The molecule has 2 heterocycles. The van der Waals surface area contributed by atoms with Gasteiger partial charge in [0.05, 0.1) is 11.7 Å². The van der Waals surface area contributed by atoms with Crippen LogP contribution in [0.5, 0.6) is 5.75 Å². The van der Waals surface area contributed by atoms with Gasteiger partial charge in [0.2, 0.25) is 0 Å². The summed E-state index contributed by atoms with van der Waals surface area (Å²) in [5, 5.41) is 11.2. The molecule has 2 aliphatic heterocycles. The van der Waals surface area contributed by atoms with Crippen LogP contribution >= 0.6 is 11.6 Å². The fourth-order valence-electron chi connectivity index (χ4n) is 4.24. The van der Waals surface area contributed by atoms with Crippen LogP contribution in [-0.2, 0) is 0 Å². The second kappa shape index (κ2) is 8.13. The van der Waals surface area contributed by atoms with Crippen LogP contribution in [0.15, 0.2) is 18.2 Å². The van der Waals surface area contributed by atoms with Gasteiger partial charge in [0.25, 0.3) is 5.91 Å². The first-order chi connectivity index (χ1) is 12.4. The maximum Gasteiger partial charge on any atom is 0.257 e. The summed E-state index contributed by atoms with van der Waals surface area (Å²) in [5.74, 6) is 0.407. The number of ether oxygens (including phenoxy) is 1. The van der Waals surface area contributed by atoms with Gasteiger partial charge >= 0.3 is 0 Å². The van der Waals surface area contributed by atoms with Gasteiger partial charge in [-0.15, -0.1) is 0 Å². The van der Waals surface area contributed by atoms with Crippen LogP contribution < -0.4 is 10.5 Å². The van der Waals surface area contributed by atoms with Gasteiger partial charge in [0, 0.05) is 43.2 Å². The van der Waals surface area contributed by atoms with Crippen molar-refractivity contribution >= 4 is 17.5 Å². The van der Waals surface area contributed by atoms with Crippen molar-refractivity contribution in [3.05, 3.63) is 28.8 Å². The molecule has 2 atom stereocenters. The molecule has 3 N–H and O–H groups in total. The van der Waals surface area contributed by atoms with E-state index in [0.717, 1.165) is 32.4 Å². The molecule has 0 unspecified atom stereocenters. The van der Waals surface area contributed by atoms with E-state index in [1.165, 1.54) is 0 Å². The van der Waals surface area contributed by atoms with Crippen LogP contribution in [0.3, 0.4) is 0 Å². The number of likely N-dealkylation sites (tertiary alicyclic amines) is 2. The van der Waals surface area contributed by atoms with Crippen molar-refractivity contribution in [1.82, 2.24) is 9.80 Å². The maximum absolute atomic E-state index is 13.2. The first kappa shape index (κ1) is 19.4. The summed E-state index contributed by atoms with van der Waals surface area (Å²) in [6, 6.07) is 5.08.